The number of hydrogen-bond donors (Lipinski definition) is 2. The molecule has 2 N–H and O–H groups in total. The Morgan fingerprint density at radius 2 is 2.33 bits per heavy atom. The minimum atomic E-state index is -2.48. The molecule has 0 saturated carbocycles. The second-order valence-electron chi connectivity index (χ2n) is 4.40. The smallest absolute Gasteiger partial charge is 0.254 e. The number of rotatable bonds is 5. The van der Waals surface area contributed by atoms with Crippen LogP contribution in [0.2, 0.25) is 0 Å². The number of carbonyl (C=O) groups excluding carboxylic acids is 1. The van der Waals surface area contributed by atoms with E-state index in [9.17, 15) is 18.0 Å². The number of morpholine rings is 1. The Balaban J connectivity index is 2.06. The predicted molar refractivity (Wildman–Crippen MR) is 74.4 cm³/mol. The average Bonchev–Trinajstić information content (AvgIpc) is 2.47. The largest absolute Gasteiger partial charge is 0.366 e. The van der Waals surface area contributed by atoms with Crippen molar-refractivity contribution in [3.05, 3.63) is 24.0 Å². The number of amides is 1. The van der Waals surface area contributed by atoms with Crippen molar-refractivity contribution in [2.24, 2.45) is 0 Å². The van der Waals surface area contributed by atoms with E-state index in [1.165, 1.54) is 12.1 Å². The summed E-state index contributed by atoms with van der Waals surface area (Å²) in [5, 5.41) is 5.54. The highest BCUT2D eigenvalue weighted by Gasteiger charge is 2.22. The van der Waals surface area contributed by atoms with E-state index in [4.69, 9.17) is 4.74 Å². The van der Waals surface area contributed by atoms with Gasteiger partial charge in [-0.25, -0.2) is 13.2 Å². The van der Waals surface area contributed by atoms with Crippen molar-refractivity contribution in [1.29, 1.82) is 0 Å². The van der Waals surface area contributed by atoms with Crippen molar-refractivity contribution >= 4 is 23.4 Å². The zero-order chi connectivity index (χ0) is 15.2. The molecule has 0 aromatic heterocycles. The third-order valence-corrected chi connectivity index (χ3v) is 3.87. The molecule has 0 aliphatic carbocycles. The van der Waals surface area contributed by atoms with Crippen LogP contribution in [0.1, 0.15) is 0 Å². The molecule has 4 nitrogen and oxygen atoms in total. The van der Waals surface area contributed by atoms with E-state index in [0.29, 0.717) is 24.6 Å². The molecule has 116 valence electrons. The van der Waals surface area contributed by atoms with Gasteiger partial charge in [0.25, 0.3) is 5.91 Å². The molecule has 1 aliphatic rings. The molecule has 1 aliphatic heterocycles. The second-order valence-corrected chi connectivity index (χ2v) is 5.46. The van der Waals surface area contributed by atoms with Crippen molar-refractivity contribution in [3.63, 3.8) is 0 Å². The first-order chi connectivity index (χ1) is 10.1. The van der Waals surface area contributed by atoms with E-state index in [0.717, 1.165) is 17.8 Å². The highest BCUT2D eigenvalue weighted by Crippen LogP contribution is 2.29. The van der Waals surface area contributed by atoms with Gasteiger partial charge in [-0.3, -0.25) is 4.79 Å². The van der Waals surface area contributed by atoms with Crippen molar-refractivity contribution in [1.82, 2.24) is 5.32 Å². The van der Waals surface area contributed by atoms with Crippen molar-refractivity contribution in [2.75, 3.05) is 30.8 Å². The average molecular weight is 320 g/mol. The van der Waals surface area contributed by atoms with Crippen LogP contribution in [-0.2, 0) is 9.53 Å². The zero-order valence-corrected chi connectivity index (χ0v) is 11.9. The van der Waals surface area contributed by atoms with Crippen LogP contribution in [0.25, 0.3) is 0 Å². The molecule has 1 heterocycles. The third-order valence-electron chi connectivity index (χ3n) is 2.78. The van der Waals surface area contributed by atoms with Gasteiger partial charge in [0, 0.05) is 18.0 Å². The number of ether oxygens (including phenoxy) is 1. The van der Waals surface area contributed by atoms with Crippen molar-refractivity contribution < 1.29 is 22.7 Å². The summed E-state index contributed by atoms with van der Waals surface area (Å²) < 4.78 is 43.1. The van der Waals surface area contributed by atoms with Gasteiger partial charge in [0.1, 0.15) is 11.9 Å². The molecule has 21 heavy (non-hydrogen) atoms. The van der Waals surface area contributed by atoms with Crippen LogP contribution in [0.3, 0.4) is 0 Å². The lowest BCUT2D eigenvalue weighted by molar-refractivity contribution is -0.128. The van der Waals surface area contributed by atoms with Crippen LogP contribution in [0.4, 0.5) is 18.9 Å². The molecule has 8 heteroatoms. The summed E-state index contributed by atoms with van der Waals surface area (Å²) in [5.74, 6) is -1.39. The minimum Gasteiger partial charge on any atom is -0.366 e. The SMILES string of the molecule is O=C(Nc1cc(F)ccc1SCC(F)F)C1CNCCO1. The molecule has 0 spiro atoms. The maximum Gasteiger partial charge on any atom is 0.254 e. The monoisotopic (exact) mass is 320 g/mol. The highest BCUT2D eigenvalue weighted by atomic mass is 32.2. The lowest BCUT2D eigenvalue weighted by atomic mass is 10.2. The summed E-state index contributed by atoms with van der Waals surface area (Å²) in [6.07, 6.45) is -3.15. The summed E-state index contributed by atoms with van der Waals surface area (Å²) in [4.78, 5) is 12.4. The van der Waals surface area contributed by atoms with Crippen LogP contribution >= 0.6 is 11.8 Å². The standard InChI is InChI=1S/C13H15F3N2O2S/c14-8-1-2-11(21-7-12(15)16)9(5-8)18-13(19)10-6-17-3-4-20-10/h1-2,5,10,12,17H,3-4,6-7H2,(H,18,19). The molecular weight excluding hydrogens is 305 g/mol. The van der Waals surface area contributed by atoms with Crippen molar-refractivity contribution in [3.8, 4) is 0 Å². The molecule has 0 bridgehead atoms. The molecule has 1 fully saturated rings. The molecule has 1 atom stereocenters. The van der Waals surface area contributed by atoms with Gasteiger partial charge in [-0.05, 0) is 18.2 Å². The number of alkyl halides is 2. The van der Waals surface area contributed by atoms with E-state index in [2.05, 4.69) is 10.6 Å². The van der Waals surface area contributed by atoms with E-state index < -0.39 is 30.0 Å². The van der Waals surface area contributed by atoms with E-state index in [-0.39, 0.29) is 5.69 Å². The number of thioether (sulfide) groups is 1. The maximum absolute atomic E-state index is 13.3. The quantitative estimate of drug-likeness (QED) is 0.816. The third kappa shape index (κ3) is 4.90. The number of halogens is 3. The fraction of sp³-hybridized carbons (Fsp3) is 0.462. The van der Waals surface area contributed by atoms with Crippen LogP contribution in [-0.4, -0.2) is 43.9 Å². The Hall–Kier alpha value is -1.25. The number of carbonyl (C=O) groups is 1. The summed E-state index contributed by atoms with van der Waals surface area (Å²) >= 11 is 0.865. The van der Waals surface area contributed by atoms with Gasteiger partial charge >= 0.3 is 0 Å². The number of nitrogens with one attached hydrogen (secondary N) is 2. The molecule has 1 amide bonds. The predicted octanol–water partition coefficient (Wildman–Crippen LogP) is 2.11. The van der Waals surface area contributed by atoms with Gasteiger partial charge in [-0.2, -0.15) is 0 Å². The van der Waals surface area contributed by atoms with Gasteiger partial charge in [0.05, 0.1) is 18.0 Å². The van der Waals surface area contributed by atoms with Gasteiger partial charge < -0.3 is 15.4 Å². The summed E-state index contributed by atoms with van der Waals surface area (Å²) in [7, 11) is 0. The molecule has 1 aromatic carbocycles. The molecule has 1 unspecified atom stereocenters. The molecule has 1 aromatic rings. The normalized spacial score (nSPS) is 18.8. The summed E-state index contributed by atoms with van der Waals surface area (Å²) in [6.45, 7) is 1.44. The lowest BCUT2D eigenvalue weighted by Gasteiger charge is -2.23. The molecule has 0 radical (unpaired) electrons. The molecular formula is C13H15F3N2O2S. The first-order valence-corrected chi connectivity index (χ1v) is 7.38. The van der Waals surface area contributed by atoms with Gasteiger partial charge in [-0.15, -0.1) is 11.8 Å². The van der Waals surface area contributed by atoms with Crippen LogP contribution in [0.15, 0.2) is 23.1 Å². The summed E-state index contributed by atoms with van der Waals surface area (Å²) in [6, 6.07) is 3.65. The number of hydrogen-bond acceptors (Lipinski definition) is 4. The Bertz CT molecular complexity index is 496. The molecule has 2 rings (SSSR count). The lowest BCUT2D eigenvalue weighted by Crippen LogP contribution is -2.45. The van der Waals surface area contributed by atoms with Crippen LogP contribution in [0, 0.1) is 5.82 Å². The van der Waals surface area contributed by atoms with Gasteiger partial charge in [-0.1, -0.05) is 0 Å². The molecule has 1 saturated heterocycles. The zero-order valence-electron chi connectivity index (χ0n) is 11.1. The Labute approximate surface area is 124 Å². The van der Waals surface area contributed by atoms with E-state index in [1.807, 2.05) is 0 Å². The van der Waals surface area contributed by atoms with Crippen LogP contribution < -0.4 is 10.6 Å². The highest BCUT2D eigenvalue weighted by molar-refractivity contribution is 7.99. The Kier molecular flexibility index (Phi) is 5.89. The second kappa shape index (κ2) is 7.67. The van der Waals surface area contributed by atoms with Crippen molar-refractivity contribution in [2.45, 2.75) is 17.4 Å². The number of anilines is 1. The van der Waals surface area contributed by atoms with E-state index in [1.54, 1.807) is 0 Å². The van der Waals surface area contributed by atoms with Crippen LogP contribution in [0.5, 0.6) is 0 Å². The Morgan fingerprint density at radius 1 is 1.52 bits per heavy atom. The minimum absolute atomic E-state index is 0.180. The fourth-order valence-corrected chi connectivity index (χ4v) is 2.56. The first kappa shape index (κ1) is 16.1. The van der Waals surface area contributed by atoms with Gasteiger partial charge in [0.2, 0.25) is 6.43 Å². The maximum atomic E-state index is 13.3. The number of benzene rings is 1. The van der Waals surface area contributed by atoms with Gasteiger partial charge in [0.15, 0.2) is 0 Å². The first-order valence-electron chi connectivity index (χ1n) is 6.40. The fourth-order valence-electron chi connectivity index (χ4n) is 1.83. The van der Waals surface area contributed by atoms with E-state index >= 15 is 0 Å². The Morgan fingerprint density at radius 3 is 3.00 bits per heavy atom. The summed E-state index contributed by atoms with van der Waals surface area (Å²) in [5.41, 5.74) is 0.180. The topological polar surface area (TPSA) is 50.4 Å².